The summed E-state index contributed by atoms with van der Waals surface area (Å²) in [5, 5.41) is 23.6. The van der Waals surface area contributed by atoms with Gasteiger partial charge in [-0.3, -0.25) is 10.1 Å². The lowest BCUT2D eigenvalue weighted by Crippen LogP contribution is -2.30. The SMILES string of the molecule is Cc1c(CNCC(O)C(C)C)cccc1[N+](=O)[O-]. The van der Waals surface area contributed by atoms with Gasteiger partial charge in [-0.25, -0.2) is 0 Å². The minimum Gasteiger partial charge on any atom is -0.392 e. The summed E-state index contributed by atoms with van der Waals surface area (Å²) in [5.41, 5.74) is 1.70. The van der Waals surface area contributed by atoms with E-state index in [9.17, 15) is 15.2 Å². The van der Waals surface area contributed by atoms with E-state index >= 15 is 0 Å². The molecule has 5 nitrogen and oxygen atoms in total. The molecule has 0 fully saturated rings. The number of aliphatic hydroxyl groups is 1. The summed E-state index contributed by atoms with van der Waals surface area (Å²) in [6.45, 7) is 6.65. The van der Waals surface area contributed by atoms with Gasteiger partial charge in [0, 0.05) is 24.7 Å². The van der Waals surface area contributed by atoms with Crippen LogP contribution in [0.1, 0.15) is 25.0 Å². The number of hydrogen-bond acceptors (Lipinski definition) is 4. The summed E-state index contributed by atoms with van der Waals surface area (Å²) in [5.74, 6) is 0.198. The number of nitrogens with one attached hydrogen (secondary N) is 1. The number of benzene rings is 1. The second-order valence-electron chi connectivity index (χ2n) is 4.76. The van der Waals surface area contributed by atoms with Crippen LogP contribution in [0.5, 0.6) is 0 Å². The Balaban J connectivity index is 2.63. The van der Waals surface area contributed by atoms with Crippen LogP contribution in [0.2, 0.25) is 0 Å². The first-order chi connectivity index (χ1) is 8.43. The summed E-state index contributed by atoms with van der Waals surface area (Å²) in [4.78, 5) is 10.4. The molecule has 0 bridgehead atoms. The zero-order valence-electron chi connectivity index (χ0n) is 11.0. The molecule has 0 amide bonds. The second kappa shape index (κ2) is 6.47. The Bertz CT molecular complexity index is 419. The third-order valence-electron chi connectivity index (χ3n) is 3.05. The summed E-state index contributed by atoms with van der Waals surface area (Å²) in [6.07, 6.45) is -0.399. The van der Waals surface area contributed by atoms with E-state index in [0.29, 0.717) is 18.7 Å². The van der Waals surface area contributed by atoms with Crippen molar-refractivity contribution in [1.82, 2.24) is 5.32 Å². The fraction of sp³-hybridized carbons (Fsp3) is 0.538. The molecule has 100 valence electrons. The lowest BCUT2D eigenvalue weighted by molar-refractivity contribution is -0.385. The molecule has 1 aromatic rings. The van der Waals surface area contributed by atoms with Gasteiger partial charge >= 0.3 is 0 Å². The number of rotatable bonds is 6. The van der Waals surface area contributed by atoms with E-state index in [1.807, 2.05) is 19.9 Å². The predicted molar refractivity (Wildman–Crippen MR) is 70.4 cm³/mol. The highest BCUT2D eigenvalue weighted by Gasteiger charge is 2.13. The van der Waals surface area contributed by atoms with E-state index < -0.39 is 6.10 Å². The normalized spacial score (nSPS) is 12.7. The zero-order chi connectivity index (χ0) is 13.7. The van der Waals surface area contributed by atoms with Gasteiger partial charge in [0.25, 0.3) is 5.69 Å². The van der Waals surface area contributed by atoms with Crippen molar-refractivity contribution in [2.75, 3.05) is 6.54 Å². The van der Waals surface area contributed by atoms with Crippen LogP contribution in [0, 0.1) is 23.0 Å². The molecule has 0 saturated carbocycles. The van der Waals surface area contributed by atoms with Gasteiger partial charge in [0.05, 0.1) is 11.0 Å². The van der Waals surface area contributed by atoms with Crippen LogP contribution in [-0.2, 0) is 6.54 Å². The van der Waals surface area contributed by atoms with Gasteiger partial charge in [0.15, 0.2) is 0 Å². The average Bonchev–Trinajstić information content (AvgIpc) is 2.30. The quantitative estimate of drug-likeness (QED) is 0.600. The number of aliphatic hydroxyl groups excluding tert-OH is 1. The van der Waals surface area contributed by atoms with Crippen LogP contribution in [0.25, 0.3) is 0 Å². The van der Waals surface area contributed by atoms with Crippen molar-refractivity contribution in [2.45, 2.75) is 33.4 Å². The maximum absolute atomic E-state index is 10.8. The van der Waals surface area contributed by atoms with Crippen molar-refractivity contribution in [3.8, 4) is 0 Å². The summed E-state index contributed by atoms with van der Waals surface area (Å²) in [7, 11) is 0. The average molecular weight is 252 g/mol. The van der Waals surface area contributed by atoms with Crippen molar-refractivity contribution in [3.05, 3.63) is 39.4 Å². The molecule has 0 aliphatic heterocycles. The Hall–Kier alpha value is -1.46. The van der Waals surface area contributed by atoms with Crippen molar-refractivity contribution in [2.24, 2.45) is 5.92 Å². The van der Waals surface area contributed by atoms with Gasteiger partial charge in [-0.15, -0.1) is 0 Å². The number of hydrogen-bond donors (Lipinski definition) is 2. The van der Waals surface area contributed by atoms with Crippen LogP contribution in [0.4, 0.5) is 5.69 Å². The monoisotopic (exact) mass is 252 g/mol. The van der Waals surface area contributed by atoms with E-state index in [1.165, 1.54) is 6.07 Å². The third kappa shape index (κ3) is 3.78. The fourth-order valence-electron chi connectivity index (χ4n) is 1.65. The second-order valence-corrected chi connectivity index (χ2v) is 4.76. The van der Waals surface area contributed by atoms with Crippen LogP contribution in [-0.4, -0.2) is 22.7 Å². The molecule has 0 radical (unpaired) electrons. The van der Waals surface area contributed by atoms with Gasteiger partial charge in [0.1, 0.15) is 0 Å². The fourth-order valence-corrected chi connectivity index (χ4v) is 1.65. The van der Waals surface area contributed by atoms with Crippen LogP contribution >= 0.6 is 0 Å². The molecule has 0 heterocycles. The molecule has 0 spiro atoms. The number of nitrogens with zero attached hydrogens (tertiary/aromatic N) is 1. The van der Waals surface area contributed by atoms with Crippen molar-refractivity contribution >= 4 is 5.69 Å². The molecule has 0 aromatic heterocycles. The maximum Gasteiger partial charge on any atom is 0.272 e. The minimum absolute atomic E-state index is 0.138. The lowest BCUT2D eigenvalue weighted by atomic mass is 10.1. The molecule has 0 saturated heterocycles. The zero-order valence-corrected chi connectivity index (χ0v) is 11.0. The Kier molecular flexibility index (Phi) is 5.25. The summed E-state index contributed by atoms with van der Waals surface area (Å²) < 4.78 is 0. The van der Waals surface area contributed by atoms with Crippen LogP contribution < -0.4 is 5.32 Å². The van der Waals surface area contributed by atoms with E-state index in [2.05, 4.69) is 5.32 Å². The van der Waals surface area contributed by atoms with Crippen LogP contribution in [0.3, 0.4) is 0 Å². The van der Waals surface area contributed by atoms with Crippen molar-refractivity contribution < 1.29 is 10.0 Å². The molecule has 1 rings (SSSR count). The molecule has 18 heavy (non-hydrogen) atoms. The van der Waals surface area contributed by atoms with Gasteiger partial charge in [-0.05, 0) is 18.4 Å². The summed E-state index contributed by atoms with van der Waals surface area (Å²) >= 11 is 0. The number of nitro groups is 1. The van der Waals surface area contributed by atoms with Crippen molar-refractivity contribution in [1.29, 1.82) is 0 Å². The topological polar surface area (TPSA) is 75.4 Å². The first-order valence-electron chi connectivity index (χ1n) is 6.05. The Morgan fingerprint density at radius 2 is 2.11 bits per heavy atom. The highest BCUT2D eigenvalue weighted by Crippen LogP contribution is 2.20. The number of nitro benzene ring substituents is 1. The van der Waals surface area contributed by atoms with E-state index in [1.54, 1.807) is 13.0 Å². The highest BCUT2D eigenvalue weighted by molar-refractivity contribution is 5.44. The standard InChI is InChI=1S/C13H20N2O3/c1-9(2)13(16)8-14-7-11-5-4-6-12(10(11)3)15(17)18/h4-6,9,13-14,16H,7-8H2,1-3H3. The van der Waals surface area contributed by atoms with Gasteiger partial charge < -0.3 is 10.4 Å². The van der Waals surface area contributed by atoms with Crippen molar-refractivity contribution in [3.63, 3.8) is 0 Å². The Morgan fingerprint density at radius 3 is 2.67 bits per heavy atom. The molecule has 1 atom stereocenters. The van der Waals surface area contributed by atoms with E-state index in [-0.39, 0.29) is 16.5 Å². The van der Waals surface area contributed by atoms with E-state index in [4.69, 9.17) is 0 Å². The van der Waals surface area contributed by atoms with Crippen LogP contribution in [0.15, 0.2) is 18.2 Å². The first kappa shape index (κ1) is 14.6. The highest BCUT2D eigenvalue weighted by atomic mass is 16.6. The summed E-state index contributed by atoms with van der Waals surface area (Å²) in [6, 6.07) is 5.04. The molecule has 2 N–H and O–H groups in total. The smallest absolute Gasteiger partial charge is 0.272 e. The first-order valence-corrected chi connectivity index (χ1v) is 6.05. The predicted octanol–water partition coefficient (Wildman–Crippen LogP) is 2.01. The molecular formula is C13H20N2O3. The Labute approximate surface area is 107 Å². The molecular weight excluding hydrogens is 232 g/mol. The molecule has 1 unspecified atom stereocenters. The lowest BCUT2D eigenvalue weighted by Gasteiger charge is -2.15. The minimum atomic E-state index is -0.399. The molecule has 1 aromatic carbocycles. The molecule has 5 heteroatoms. The maximum atomic E-state index is 10.8. The van der Waals surface area contributed by atoms with Gasteiger partial charge in [0.2, 0.25) is 0 Å². The molecule has 0 aliphatic rings. The van der Waals surface area contributed by atoms with Gasteiger partial charge in [-0.1, -0.05) is 26.0 Å². The van der Waals surface area contributed by atoms with Gasteiger partial charge in [-0.2, -0.15) is 0 Å². The Morgan fingerprint density at radius 1 is 1.44 bits per heavy atom. The third-order valence-corrected chi connectivity index (χ3v) is 3.05. The largest absolute Gasteiger partial charge is 0.392 e. The molecule has 0 aliphatic carbocycles. The van der Waals surface area contributed by atoms with E-state index in [0.717, 1.165) is 5.56 Å².